The van der Waals surface area contributed by atoms with E-state index in [0.29, 0.717) is 25.0 Å². The number of nitrogens with two attached hydrogens (primary N) is 1. The summed E-state index contributed by atoms with van der Waals surface area (Å²) in [5, 5.41) is 2.55. The van der Waals surface area contributed by atoms with Crippen molar-refractivity contribution in [3.8, 4) is 0 Å². The average Bonchev–Trinajstić information content (AvgIpc) is 2.59. The number of hydrogen-bond acceptors (Lipinski definition) is 4. The van der Waals surface area contributed by atoms with Crippen LogP contribution in [0.2, 0.25) is 0 Å². The van der Waals surface area contributed by atoms with E-state index in [9.17, 15) is 30.8 Å². The smallest absolute Gasteiger partial charge is 0.355 e. The minimum atomic E-state index is -4.80. The van der Waals surface area contributed by atoms with E-state index in [0.717, 1.165) is 4.31 Å². The molecule has 1 aliphatic heterocycles. The molecule has 3 N–H and O–H groups in total. The molecule has 0 saturated carbocycles. The molecule has 1 aliphatic rings. The van der Waals surface area contributed by atoms with Crippen molar-refractivity contribution in [1.82, 2.24) is 9.62 Å². The number of nitrogens with zero attached hydrogens (tertiary/aromatic N) is 1. The van der Waals surface area contributed by atoms with Crippen LogP contribution in [-0.2, 0) is 21.0 Å². The van der Waals surface area contributed by atoms with E-state index in [4.69, 9.17) is 5.73 Å². The number of carbonyl (C=O) groups is 1. The van der Waals surface area contributed by atoms with Crippen molar-refractivity contribution in [1.29, 1.82) is 0 Å². The molecule has 0 spiro atoms. The fraction of sp³-hybridized carbons (Fsp3) is 0.533. The fourth-order valence-electron chi connectivity index (χ4n) is 2.73. The topological polar surface area (TPSA) is 92.5 Å². The first kappa shape index (κ1) is 23.6. The van der Waals surface area contributed by atoms with Crippen LogP contribution in [0.4, 0.5) is 17.6 Å². The van der Waals surface area contributed by atoms with Gasteiger partial charge in [-0.05, 0) is 31.0 Å². The lowest BCUT2D eigenvalue weighted by atomic mass is 9.99. The predicted octanol–water partition coefficient (Wildman–Crippen LogP) is 1.74. The van der Waals surface area contributed by atoms with Gasteiger partial charge < -0.3 is 11.1 Å². The Bertz CT molecular complexity index is 774. The van der Waals surface area contributed by atoms with Crippen molar-refractivity contribution in [2.45, 2.75) is 23.9 Å². The summed E-state index contributed by atoms with van der Waals surface area (Å²) in [6, 6.07) is 1.24. The first-order chi connectivity index (χ1) is 12.1. The van der Waals surface area contributed by atoms with Gasteiger partial charge in [0.15, 0.2) is 0 Å². The number of halogens is 5. The number of sulfonamides is 1. The van der Waals surface area contributed by atoms with Crippen LogP contribution < -0.4 is 11.1 Å². The summed E-state index contributed by atoms with van der Waals surface area (Å²) in [6.07, 6.45) is -4.04. The van der Waals surface area contributed by atoms with Crippen molar-refractivity contribution < 1.29 is 30.8 Å². The quantitative estimate of drug-likeness (QED) is 0.692. The lowest BCUT2D eigenvalue weighted by molar-refractivity contribution is -0.137. The third-order valence-electron chi connectivity index (χ3n) is 4.07. The molecule has 1 unspecified atom stereocenters. The Morgan fingerprint density at radius 1 is 1.33 bits per heavy atom. The average molecular weight is 434 g/mol. The number of piperidine rings is 1. The molecule has 1 saturated heterocycles. The first-order valence-electron chi connectivity index (χ1n) is 7.92. The molecule has 0 aliphatic carbocycles. The van der Waals surface area contributed by atoms with E-state index < -0.39 is 38.4 Å². The molecule has 154 valence electrons. The molecule has 1 atom stereocenters. The Balaban J connectivity index is 0.00000364. The van der Waals surface area contributed by atoms with E-state index in [1.807, 2.05) is 0 Å². The largest absolute Gasteiger partial charge is 0.416 e. The number of rotatable bonds is 5. The third-order valence-corrected chi connectivity index (χ3v) is 5.95. The maximum Gasteiger partial charge on any atom is 0.416 e. The molecule has 1 aromatic carbocycles. The van der Waals surface area contributed by atoms with Gasteiger partial charge in [0.25, 0.3) is 0 Å². The zero-order chi connectivity index (χ0) is 19.5. The Hall–Kier alpha value is -1.43. The number of alkyl halides is 3. The first-order valence-corrected chi connectivity index (χ1v) is 9.36. The van der Waals surface area contributed by atoms with Gasteiger partial charge in [0, 0.05) is 26.2 Å². The normalized spacial score (nSPS) is 18.6. The molecule has 0 aromatic heterocycles. The molecule has 1 aromatic rings. The number of hydrogen-bond donors (Lipinski definition) is 2. The van der Waals surface area contributed by atoms with E-state index >= 15 is 0 Å². The van der Waals surface area contributed by atoms with Crippen LogP contribution in [0.15, 0.2) is 23.1 Å². The van der Waals surface area contributed by atoms with Crippen molar-refractivity contribution in [2.75, 3.05) is 26.2 Å². The molecule has 6 nitrogen and oxygen atoms in total. The maximum atomic E-state index is 14.0. The van der Waals surface area contributed by atoms with E-state index in [-0.39, 0.29) is 50.6 Å². The van der Waals surface area contributed by atoms with Gasteiger partial charge in [-0.2, -0.15) is 17.5 Å². The summed E-state index contributed by atoms with van der Waals surface area (Å²) in [6.45, 7) is 0.216. The van der Waals surface area contributed by atoms with E-state index in [2.05, 4.69) is 5.32 Å². The van der Waals surface area contributed by atoms with Gasteiger partial charge in [-0.3, -0.25) is 4.79 Å². The van der Waals surface area contributed by atoms with Gasteiger partial charge in [-0.25, -0.2) is 12.8 Å². The van der Waals surface area contributed by atoms with Gasteiger partial charge in [0.2, 0.25) is 15.9 Å². The van der Waals surface area contributed by atoms with Crippen LogP contribution >= 0.6 is 12.4 Å². The van der Waals surface area contributed by atoms with Gasteiger partial charge in [0.05, 0.1) is 11.5 Å². The van der Waals surface area contributed by atoms with Crippen molar-refractivity contribution >= 4 is 28.3 Å². The molecule has 27 heavy (non-hydrogen) atoms. The fourth-order valence-corrected chi connectivity index (χ4v) is 4.35. The summed E-state index contributed by atoms with van der Waals surface area (Å²) < 4.78 is 78.6. The SMILES string of the molecule is Cl.NCCNC(=O)C1CCCN(S(=O)(=O)c2cc(C(F)(F)F)ccc2F)C1. The summed E-state index contributed by atoms with van der Waals surface area (Å²) in [5.41, 5.74) is 4.03. The van der Waals surface area contributed by atoms with Crippen LogP contribution in [0.25, 0.3) is 0 Å². The van der Waals surface area contributed by atoms with Gasteiger partial charge in [-0.15, -0.1) is 12.4 Å². The van der Waals surface area contributed by atoms with Crippen molar-refractivity contribution in [2.24, 2.45) is 11.7 Å². The molecule has 2 rings (SSSR count). The molecule has 1 fully saturated rings. The molecule has 0 bridgehead atoms. The molecular weight excluding hydrogens is 414 g/mol. The third kappa shape index (κ3) is 5.53. The molecular formula is C15H20ClF4N3O3S. The summed E-state index contributed by atoms with van der Waals surface area (Å²) in [4.78, 5) is 11.0. The van der Waals surface area contributed by atoms with Gasteiger partial charge in [0.1, 0.15) is 10.7 Å². The Labute approximate surface area is 160 Å². The van der Waals surface area contributed by atoms with Crippen LogP contribution in [0, 0.1) is 11.7 Å². The molecule has 0 radical (unpaired) electrons. The highest BCUT2D eigenvalue weighted by Crippen LogP contribution is 2.33. The zero-order valence-corrected chi connectivity index (χ0v) is 15.8. The minimum absolute atomic E-state index is 0. The highest BCUT2D eigenvalue weighted by atomic mass is 35.5. The van der Waals surface area contributed by atoms with E-state index in [1.165, 1.54) is 0 Å². The minimum Gasteiger partial charge on any atom is -0.355 e. The summed E-state index contributed by atoms with van der Waals surface area (Å²) >= 11 is 0. The summed E-state index contributed by atoms with van der Waals surface area (Å²) in [5.74, 6) is -2.33. The van der Waals surface area contributed by atoms with Gasteiger partial charge in [-0.1, -0.05) is 0 Å². The lowest BCUT2D eigenvalue weighted by Gasteiger charge is -2.31. The monoisotopic (exact) mass is 433 g/mol. The standard InChI is InChI=1S/C15H19F4N3O3S.ClH/c16-12-4-3-11(15(17,18)19)8-13(12)26(24,25)22-7-1-2-10(9-22)14(23)21-6-5-20;/h3-4,8,10H,1-2,5-7,9,20H2,(H,21,23);1H. The maximum absolute atomic E-state index is 14.0. The second-order valence-electron chi connectivity index (χ2n) is 5.92. The zero-order valence-electron chi connectivity index (χ0n) is 14.1. The van der Waals surface area contributed by atoms with Gasteiger partial charge >= 0.3 is 6.18 Å². The predicted molar refractivity (Wildman–Crippen MR) is 92.2 cm³/mol. The second-order valence-corrected chi connectivity index (χ2v) is 7.83. The highest BCUT2D eigenvalue weighted by Gasteiger charge is 2.37. The second kappa shape index (κ2) is 9.18. The molecule has 12 heteroatoms. The van der Waals surface area contributed by atoms with Crippen LogP contribution in [0.3, 0.4) is 0 Å². The van der Waals surface area contributed by atoms with E-state index in [1.54, 1.807) is 0 Å². The Kier molecular flexibility index (Phi) is 8.02. The van der Waals surface area contributed by atoms with Crippen molar-refractivity contribution in [3.63, 3.8) is 0 Å². The number of amides is 1. The van der Waals surface area contributed by atoms with Crippen molar-refractivity contribution in [3.05, 3.63) is 29.6 Å². The highest BCUT2D eigenvalue weighted by molar-refractivity contribution is 7.89. The number of carbonyl (C=O) groups excluding carboxylic acids is 1. The summed E-state index contributed by atoms with van der Waals surface area (Å²) in [7, 11) is -4.51. The van der Waals surface area contributed by atoms with Crippen LogP contribution in [0.1, 0.15) is 18.4 Å². The molecule has 1 heterocycles. The molecule has 1 amide bonds. The number of nitrogens with one attached hydrogen (secondary N) is 1. The van der Waals surface area contributed by atoms with Crippen LogP contribution in [-0.4, -0.2) is 44.8 Å². The Morgan fingerprint density at radius 3 is 2.59 bits per heavy atom. The lowest BCUT2D eigenvalue weighted by Crippen LogP contribution is -2.46. The van der Waals surface area contributed by atoms with Crippen LogP contribution in [0.5, 0.6) is 0 Å². The Morgan fingerprint density at radius 2 is 2.00 bits per heavy atom. The number of benzene rings is 1.